The molecule has 0 saturated carbocycles. The number of benzene rings is 1. The summed E-state index contributed by atoms with van der Waals surface area (Å²) in [6, 6.07) is 8.09. The molecule has 0 bridgehead atoms. The Labute approximate surface area is 174 Å². The van der Waals surface area contributed by atoms with Gasteiger partial charge in [0.1, 0.15) is 5.75 Å². The van der Waals surface area contributed by atoms with Gasteiger partial charge >= 0.3 is 0 Å². The molecule has 2 rings (SSSR count). The van der Waals surface area contributed by atoms with Gasteiger partial charge in [0.05, 0.1) is 19.3 Å². The lowest BCUT2D eigenvalue weighted by atomic mass is 10.2. The van der Waals surface area contributed by atoms with Crippen molar-refractivity contribution in [1.29, 1.82) is 0 Å². The molecule has 26 heavy (non-hydrogen) atoms. The highest BCUT2D eigenvalue weighted by Gasteiger charge is 2.14. The van der Waals surface area contributed by atoms with Crippen molar-refractivity contribution in [2.24, 2.45) is 4.99 Å². The molecule has 0 aliphatic carbocycles. The van der Waals surface area contributed by atoms with Crippen LogP contribution in [0.15, 0.2) is 29.3 Å². The summed E-state index contributed by atoms with van der Waals surface area (Å²) in [6.45, 7) is 6.52. The molecule has 1 aliphatic rings. The number of aliphatic imine (C=N–C) groups is 1. The first-order valence-corrected chi connectivity index (χ1v) is 9.17. The first-order chi connectivity index (χ1) is 12.3. The minimum absolute atomic E-state index is 0. The molecule has 1 saturated heterocycles. The third kappa shape index (κ3) is 9.05. The topological polar surface area (TPSA) is 64.1 Å². The number of guanidine groups is 1. The summed E-state index contributed by atoms with van der Waals surface area (Å²) in [5.41, 5.74) is 1.16. The van der Waals surface area contributed by atoms with Crippen LogP contribution in [0.5, 0.6) is 5.75 Å². The lowest BCUT2D eigenvalue weighted by Crippen LogP contribution is -2.37. The number of hydrogen-bond donors (Lipinski definition) is 2. The molecule has 1 aromatic rings. The van der Waals surface area contributed by atoms with Gasteiger partial charge < -0.3 is 24.8 Å². The van der Waals surface area contributed by atoms with E-state index in [-0.39, 0.29) is 24.0 Å². The van der Waals surface area contributed by atoms with E-state index in [1.165, 1.54) is 0 Å². The van der Waals surface area contributed by atoms with Gasteiger partial charge in [0.2, 0.25) is 0 Å². The van der Waals surface area contributed by atoms with Crippen molar-refractivity contribution >= 4 is 29.9 Å². The molecule has 2 N–H and O–H groups in total. The number of nitrogens with zero attached hydrogens (tertiary/aromatic N) is 1. The van der Waals surface area contributed by atoms with Crippen molar-refractivity contribution in [3.8, 4) is 5.75 Å². The van der Waals surface area contributed by atoms with E-state index in [9.17, 15) is 0 Å². The predicted octanol–water partition coefficient (Wildman–Crippen LogP) is 2.95. The van der Waals surface area contributed by atoms with E-state index in [1.807, 2.05) is 25.1 Å². The van der Waals surface area contributed by atoms with Crippen molar-refractivity contribution in [3.63, 3.8) is 0 Å². The van der Waals surface area contributed by atoms with E-state index < -0.39 is 0 Å². The molecular formula is C19H32IN3O3. The Hall–Kier alpha value is -1.06. The van der Waals surface area contributed by atoms with Crippen LogP contribution in [0, 0.1) is 0 Å². The van der Waals surface area contributed by atoms with E-state index in [0.29, 0.717) is 25.9 Å². The second-order valence-corrected chi connectivity index (χ2v) is 6.00. The van der Waals surface area contributed by atoms with Crippen LogP contribution < -0.4 is 15.4 Å². The highest BCUT2D eigenvalue weighted by molar-refractivity contribution is 14.0. The quantitative estimate of drug-likeness (QED) is 0.235. The maximum atomic E-state index is 5.66. The van der Waals surface area contributed by atoms with Gasteiger partial charge in [0.25, 0.3) is 0 Å². The molecule has 148 valence electrons. The van der Waals surface area contributed by atoms with Crippen molar-refractivity contribution in [2.45, 2.75) is 38.8 Å². The summed E-state index contributed by atoms with van der Waals surface area (Å²) in [6.07, 6.45) is 3.52. The minimum atomic E-state index is 0. The SMILES string of the molecule is CCOc1cccc(CNC(=NC)NCCCOCC2CCCO2)c1.I. The Bertz CT molecular complexity index is 523. The monoisotopic (exact) mass is 477 g/mol. The second kappa shape index (κ2) is 14.1. The van der Waals surface area contributed by atoms with Gasteiger partial charge in [0.15, 0.2) is 5.96 Å². The van der Waals surface area contributed by atoms with Crippen LogP contribution in [-0.4, -0.2) is 52.1 Å². The van der Waals surface area contributed by atoms with Crippen LogP contribution in [0.3, 0.4) is 0 Å². The van der Waals surface area contributed by atoms with Crippen LogP contribution in [0.2, 0.25) is 0 Å². The highest BCUT2D eigenvalue weighted by Crippen LogP contribution is 2.13. The summed E-state index contributed by atoms with van der Waals surface area (Å²) < 4.78 is 16.7. The second-order valence-electron chi connectivity index (χ2n) is 6.00. The number of halogens is 1. The van der Waals surface area contributed by atoms with Gasteiger partial charge in [-0.05, 0) is 43.9 Å². The minimum Gasteiger partial charge on any atom is -0.494 e. The molecule has 0 radical (unpaired) electrons. The lowest BCUT2D eigenvalue weighted by molar-refractivity contribution is 0.0168. The van der Waals surface area contributed by atoms with Gasteiger partial charge in [-0.1, -0.05) is 12.1 Å². The molecule has 1 heterocycles. The molecule has 0 aromatic heterocycles. The molecule has 7 heteroatoms. The molecular weight excluding hydrogens is 445 g/mol. The summed E-state index contributed by atoms with van der Waals surface area (Å²) in [5.74, 6) is 1.69. The van der Waals surface area contributed by atoms with E-state index >= 15 is 0 Å². The zero-order chi connectivity index (χ0) is 17.7. The first-order valence-electron chi connectivity index (χ1n) is 9.17. The van der Waals surface area contributed by atoms with Gasteiger partial charge in [-0.15, -0.1) is 24.0 Å². The summed E-state index contributed by atoms with van der Waals surface area (Å²) in [7, 11) is 1.78. The third-order valence-electron chi connectivity index (χ3n) is 3.98. The van der Waals surface area contributed by atoms with Crippen molar-refractivity contribution in [3.05, 3.63) is 29.8 Å². The fourth-order valence-electron chi connectivity index (χ4n) is 2.69. The number of rotatable bonds is 10. The van der Waals surface area contributed by atoms with E-state index in [2.05, 4.69) is 21.7 Å². The largest absolute Gasteiger partial charge is 0.494 e. The van der Waals surface area contributed by atoms with Crippen LogP contribution in [-0.2, 0) is 16.0 Å². The third-order valence-corrected chi connectivity index (χ3v) is 3.98. The molecule has 1 aliphatic heterocycles. The highest BCUT2D eigenvalue weighted by atomic mass is 127. The molecule has 1 atom stereocenters. The smallest absolute Gasteiger partial charge is 0.191 e. The van der Waals surface area contributed by atoms with Crippen LogP contribution in [0.4, 0.5) is 0 Å². The Morgan fingerprint density at radius 1 is 1.35 bits per heavy atom. The molecule has 1 fully saturated rings. The Morgan fingerprint density at radius 2 is 2.23 bits per heavy atom. The van der Waals surface area contributed by atoms with Gasteiger partial charge in [-0.3, -0.25) is 4.99 Å². The zero-order valence-electron chi connectivity index (χ0n) is 15.8. The number of ether oxygens (including phenoxy) is 3. The molecule has 6 nitrogen and oxygen atoms in total. The summed E-state index contributed by atoms with van der Waals surface area (Å²) in [4.78, 5) is 4.25. The number of nitrogens with one attached hydrogen (secondary N) is 2. The predicted molar refractivity (Wildman–Crippen MR) is 116 cm³/mol. The van der Waals surface area contributed by atoms with Crippen molar-refractivity contribution in [1.82, 2.24) is 10.6 Å². The first kappa shape index (κ1) is 23.0. The lowest BCUT2D eigenvalue weighted by Gasteiger charge is -2.13. The zero-order valence-corrected chi connectivity index (χ0v) is 18.2. The maximum Gasteiger partial charge on any atom is 0.191 e. The van der Waals surface area contributed by atoms with Gasteiger partial charge in [-0.2, -0.15) is 0 Å². The van der Waals surface area contributed by atoms with E-state index in [0.717, 1.165) is 56.3 Å². The molecule has 1 unspecified atom stereocenters. The van der Waals surface area contributed by atoms with Crippen LogP contribution in [0.25, 0.3) is 0 Å². The average Bonchev–Trinajstić information content (AvgIpc) is 3.14. The Balaban J connectivity index is 0.00000338. The molecule has 0 amide bonds. The van der Waals surface area contributed by atoms with Crippen LogP contribution >= 0.6 is 24.0 Å². The van der Waals surface area contributed by atoms with E-state index in [4.69, 9.17) is 14.2 Å². The van der Waals surface area contributed by atoms with E-state index in [1.54, 1.807) is 7.05 Å². The fourth-order valence-corrected chi connectivity index (χ4v) is 2.69. The number of hydrogen-bond acceptors (Lipinski definition) is 4. The summed E-state index contributed by atoms with van der Waals surface area (Å²) in [5, 5.41) is 6.62. The fraction of sp³-hybridized carbons (Fsp3) is 0.632. The van der Waals surface area contributed by atoms with Crippen molar-refractivity contribution < 1.29 is 14.2 Å². The molecule has 1 aromatic carbocycles. The Kier molecular flexibility index (Phi) is 12.4. The standard InChI is InChI=1S/C19H31N3O3.HI/c1-3-24-17-8-4-7-16(13-17)14-22-19(20-2)21-10-6-11-23-15-18-9-5-12-25-18;/h4,7-8,13,18H,3,5-6,9-12,14-15H2,1-2H3,(H2,20,21,22);1H. The van der Waals surface area contributed by atoms with Gasteiger partial charge in [0, 0.05) is 33.4 Å². The normalized spacial score (nSPS) is 16.8. The van der Waals surface area contributed by atoms with Crippen LogP contribution in [0.1, 0.15) is 31.7 Å². The molecule has 0 spiro atoms. The maximum absolute atomic E-state index is 5.66. The Morgan fingerprint density at radius 3 is 2.96 bits per heavy atom. The van der Waals surface area contributed by atoms with Crippen molar-refractivity contribution in [2.75, 3.05) is 40.0 Å². The average molecular weight is 477 g/mol. The van der Waals surface area contributed by atoms with Gasteiger partial charge in [-0.25, -0.2) is 0 Å². The summed E-state index contributed by atoms with van der Waals surface area (Å²) >= 11 is 0.